The van der Waals surface area contributed by atoms with Crippen molar-refractivity contribution >= 4 is 70.3 Å². The normalized spacial score (nSPS) is 26.4. The Kier molecular flexibility index (Phi) is 14.8. The van der Waals surface area contributed by atoms with Gasteiger partial charge in [0.15, 0.2) is 35.4 Å². The Morgan fingerprint density at radius 2 is 1.21 bits per heavy atom. The summed E-state index contributed by atoms with van der Waals surface area (Å²) in [6.07, 6.45) is -1.74. The number of nitrogen functional groups attached to an aromatic ring is 2. The molecule has 2 aliphatic heterocycles. The molecule has 25 heteroatoms. The van der Waals surface area contributed by atoms with Crippen molar-refractivity contribution in [1.29, 1.82) is 0 Å². The number of aliphatic hydroxyl groups excluding tert-OH is 5. The molecular weight excluding hydrogens is 745 g/mol. The molecule has 292 valence electrons. The largest absolute Gasteiger partial charge is 0.480 e. The van der Waals surface area contributed by atoms with Crippen LogP contribution < -0.4 is 22.9 Å². The first-order valence-corrected chi connectivity index (χ1v) is 17.7. The number of rotatable bonds is 12. The van der Waals surface area contributed by atoms with E-state index in [1.54, 1.807) is 0 Å². The maximum atomic E-state index is 10.7. The van der Waals surface area contributed by atoms with E-state index < -0.39 is 79.7 Å². The van der Waals surface area contributed by atoms with E-state index in [4.69, 9.17) is 47.7 Å². The Morgan fingerprint density at radius 1 is 0.755 bits per heavy atom. The van der Waals surface area contributed by atoms with E-state index in [2.05, 4.69) is 42.5 Å². The predicted molar refractivity (Wildman–Crippen MR) is 190 cm³/mol. The number of imidazole rings is 2. The number of aliphatic hydroxyl groups is 5. The van der Waals surface area contributed by atoms with Crippen molar-refractivity contribution in [3.05, 3.63) is 25.3 Å². The van der Waals surface area contributed by atoms with Gasteiger partial charge in [0.25, 0.3) is 0 Å². The van der Waals surface area contributed by atoms with Gasteiger partial charge in [-0.2, -0.15) is 24.4 Å². The number of carboxylic acid groups (broad SMARTS) is 2. The standard InChI is InChI=1S/C14H20N6O5S.C10H13N5O4.C4H9NO2S/c15-6(14(23)24)1-2-26-3-7-9(21)10(22)13(25-7)20-5-19-8-11(16)17-4-18-12(8)20;11-8-5-9(13-2-12-8)15(3-14-5)10-7(18)6(17)4(1-16)19-10;5-3(1-2-8)4(6)7/h4-7,9-10,13,21-22H,1-3,15H2,(H,23,24)(H2,16,17,18);2-4,6-7,10,16-18H,1H2,(H2,11,12,13);3,8H,1-2,5H2,(H,6,7)/t6?,7-,9-,10-,13-;4-,6-,7-,10-;/m11./s1. The molecule has 0 amide bonds. The lowest BCUT2D eigenvalue weighted by molar-refractivity contribution is -0.139. The maximum Gasteiger partial charge on any atom is 0.320 e. The zero-order valence-electron chi connectivity index (χ0n) is 27.8. The summed E-state index contributed by atoms with van der Waals surface area (Å²) in [6.45, 7) is -0.390. The molecule has 53 heavy (non-hydrogen) atoms. The Balaban J connectivity index is 0.000000203. The van der Waals surface area contributed by atoms with Crippen LogP contribution in [0, 0.1) is 0 Å². The number of hydrogen-bond donors (Lipinski definition) is 12. The first-order valence-electron chi connectivity index (χ1n) is 15.9. The second-order valence-electron chi connectivity index (χ2n) is 11.7. The molecule has 2 unspecified atom stereocenters. The molecule has 0 radical (unpaired) electrons. The highest BCUT2D eigenvalue weighted by molar-refractivity contribution is 7.99. The summed E-state index contributed by atoms with van der Waals surface area (Å²) in [6, 6.07) is -1.66. The molecule has 23 nitrogen and oxygen atoms in total. The van der Waals surface area contributed by atoms with Gasteiger partial charge in [-0.3, -0.25) is 18.7 Å². The number of carbonyl (C=O) groups is 2. The first-order chi connectivity index (χ1) is 25.2. The highest BCUT2D eigenvalue weighted by atomic mass is 32.2. The van der Waals surface area contributed by atoms with E-state index in [0.717, 1.165) is 0 Å². The van der Waals surface area contributed by atoms with Gasteiger partial charge >= 0.3 is 11.9 Å². The summed E-state index contributed by atoms with van der Waals surface area (Å²) in [4.78, 5) is 44.6. The fourth-order valence-corrected chi connectivity index (χ4v) is 6.49. The molecule has 4 aromatic rings. The predicted octanol–water partition coefficient (Wildman–Crippen LogP) is -3.70. The van der Waals surface area contributed by atoms with E-state index in [1.165, 1.54) is 46.2 Å². The fourth-order valence-electron chi connectivity index (χ4n) is 5.11. The number of carboxylic acids is 2. The minimum Gasteiger partial charge on any atom is -0.480 e. The van der Waals surface area contributed by atoms with Crippen molar-refractivity contribution in [2.75, 3.05) is 35.3 Å². The molecule has 0 aromatic carbocycles. The van der Waals surface area contributed by atoms with Gasteiger partial charge in [0.2, 0.25) is 0 Å². The third-order valence-electron chi connectivity index (χ3n) is 8.11. The first kappa shape index (κ1) is 41.7. The van der Waals surface area contributed by atoms with E-state index in [1.807, 2.05) is 0 Å². The number of ether oxygens (including phenoxy) is 2. The quantitative estimate of drug-likeness (QED) is 0.0485. The molecule has 0 spiro atoms. The van der Waals surface area contributed by atoms with Crippen molar-refractivity contribution in [3.63, 3.8) is 0 Å². The van der Waals surface area contributed by atoms with Gasteiger partial charge in [0.1, 0.15) is 66.3 Å². The Morgan fingerprint density at radius 3 is 1.62 bits per heavy atom. The number of fused-ring (bicyclic) bond motifs is 2. The van der Waals surface area contributed by atoms with Gasteiger partial charge in [-0.05, 0) is 24.3 Å². The second-order valence-corrected chi connectivity index (χ2v) is 13.3. The van der Waals surface area contributed by atoms with Gasteiger partial charge < -0.3 is 68.2 Å². The Bertz CT molecular complexity index is 1820. The average molecular weight is 787 g/mol. The third kappa shape index (κ3) is 9.75. The number of nitrogens with zero attached hydrogens (tertiary/aromatic N) is 8. The van der Waals surface area contributed by atoms with Crippen molar-refractivity contribution in [1.82, 2.24) is 39.0 Å². The van der Waals surface area contributed by atoms with Gasteiger partial charge in [-0.15, -0.1) is 0 Å². The number of nitrogens with two attached hydrogens (primary N) is 4. The van der Waals surface area contributed by atoms with E-state index in [9.17, 15) is 30.0 Å². The lowest BCUT2D eigenvalue weighted by Gasteiger charge is -2.16. The van der Waals surface area contributed by atoms with E-state index in [0.29, 0.717) is 52.4 Å². The van der Waals surface area contributed by atoms with Crippen molar-refractivity contribution in [2.45, 2.75) is 74.0 Å². The monoisotopic (exact) mass is 786 g/mol. The van der Waals surface area contributed by atoms with Gasteiger partial charge in [0.05, 0.1) is 25.4 Å². The second kappa shape index (κ2) is 18.8. The van der Waals surface area contributed by atoms with Crippen LogP contribution in [0.4, 0.5) is 11.6 Å². The molecule has 0 bridgehead atoms. The molecule has 2 fully saturated rings. The summed E-state index contributed by atoms with van der Waals surface area (Å²) in [5, 5.41) is 66.2. The topological polar surface area (TPSA) is 385 Å². The fraction of sp³-hybridized carbons (Fsp3) is 0.571. The van der Waals surface area contributed by atoms with Crippen LogP contribution in [0.2, 0.25) is 0 Å². The summed E-state index contributed by atoms with van der Waals surface area (Å²) in [7, 11) is 0. The summed E-state index contributed by atoms with van der Waals surface area (Å²) in [5.74, 6) is -0.179. The Hall–Kier alpha value is -4.02. The lowest BCUT2D eigenvalue weighted by Crippen LogP contribution is -2.33. The molecule has 15 N–H and O–H groups in total. The minimum absolute atomic E-state index is 0.212. The molecule has 10 atom stereocenters. The summed E-state index contributed by atoms with van der Waals surface area (Å²) in [5.41, 5.74) is 23.5. The van der Waals surface area contributed by atoms with Gasteiger partial charge in [0, 0.05) is 5.75 Å². The Labute approximate surface area is 309 Å². The van der Waals surface area contributed by atoms with Gasteiger partial charge in [-0.25, -0.2) is 29.9 Å². The van der Waals surface area contributed by atoms with E-state index in [-0.39, 0.29) is 11.6 Å². The molecule has 6 heterocycles. The van der Waals surface area contributed by atoms with Crippen LogP contribution in [0.5, 0.6) is 0 Å². The number of aliphatic carboxylic acids is 2. The molecule has 2 aliphatic rings. The average Bonchev–Trinajstić information content (AvgIpc) is 3.89. The smallest absolute Gasteiger partial charge is 0.320 e. The molecule has 4 aromatic heterocycles. The molecule has 0 aliphatic carbocycles. The van der Waals surface area contributed by atoms with Crippen molar-refractivity contribution in [2.24, 2.45) is 11.5 Å². The summed E-state index contributed by atoms with van der Waals surface area (Å²) < 4.78 is 14.1. The molecule has 2 saturated heterocycles. The minimum atomic E-state index is -1.19. The number of hydrogen-bond acceptors (Lipinski definition) is 21. The van der Waals surface area contributed by atoms with E-state index >= 15 is 0 Å². The number of aromatic nitrogens is 8. The lowest BCUT2D eigenvalue weighted by atomic mass is 10.1. The van der Waals surface area contributed by atoms with Gasteiger partial charge in [-0.1, -0.05) is 0 Å². The molecule has 6 rings (SSSR count). The molecule has 0 saturated carbocycles. The van der Waals surface area contributed by atoms with Crippen LogP contribution in [0.3, 0.4) is 0 Å². The van der Waals surface area contributed by atoms with Crippen molar-refractivity contribution in [3.8, 4) is 0 Å². The highest BCUT2D eigenvalue weighted by Gasteiger charge is 2.45. The summed E-state index contributed by atoms with van der Waals surface area (Å²) >= 11 is 5.21. The SMILES string of the molecule is NC(CCS)C(=O)O.Nc1ncnc2c1ncn2[C@@H]1O[C@H](CO)[C@@H](O)[C@H]1O.Nc1ncnc2c1ncn2[C@@H]1O[C@H](CSCCC(N)C(=O)O)[C@@H](O)[C@H]1O. The van der Waals surface area contributed by atoms with Crippen LogP contribution in [-0.2, 0) is 19.1 Å². The van der Waals surface area contributed by atoms with Crippen LogP contribution >= 0.6 is 24.4 Å². The molecular formula is C28H42N12O11S2. The van der Waals surface area contributed by atoms with Crippen LogP contribution in [0.15, 0.2) is 25.3 Å². The van der Waals surface area contributed by atoms with Crippen LogP contribution in [0.1, 0.15) is 25.3 Å². The van der Waals surface area contributed by atoms with Crippen LogP contribution in [0.25, 0.3) is 22.3 Å². The zero-order chi connectivity index (χ0) is 39.0. The van der Waals surface area contributed by atoms with Crippen LogP contribution in [-0.4, -0.2) is 159 Å². The number of thioether (sulfide) groups is 1. The third-order valence-corrected chi connectivity index (χ3v) is 9.45. The number of thiol groups is 1. The van der Waals surface area contributed by atoms with Crippen molar-refractivity contribution < 1.29 is 54.8 Å². The number of anilines is 2. The zero-order valence-corrected chi connectivity index (χ0v) is 29.5. The maximum absolute atomic E-state index is 10.7. The highest BCUT2D eigenvalue weighted by Crippen LogP contribution is 2.34.